The van der Waals surface area contributed by atoms with Crippen molar-refractivity contribution in [3.63, 3.8) is 0 Å². The third-order valence-electron chi connectivity index (χ3n) is 5.79. The molecule has 4 rings (SSSR count). The van der Waals surface area contributed by atoms with Crippen LogP contribution >= 0.6 is 0 Å². The van der Waals surface area contributed by atoms with Crippen LogP contribution < -0.4 is 5.32 Å². The van der Waals surface area contributed by atoms with E-state index in [4.69, 9.17) is 9.72 Å². The minimum atomic E-state index is 0.0232. The Balaban J connectivity index is 1.24. The standard InChI is InChI=1S/C22H29N3O2/c1-16(2)21(26)23-11-17-9-10-22(27-13-17)14-25(15-22)12-19-8-7-18-5-3-4-6-20(18)24-19/h3-8,16-17H,9-15H2,1-2H3,(H,23,26). The fraction of sp³-hybridized carbons (Fsp3) is 0.545. The summed E-state index contributed by atoms with van der Waals surface area (Å²) >= 11 is 0. The van der Waals surface area contributed by atoms with E-state index in [0.717, 1.165) is 56.8 Å². The van der Waals surface area contributed by atoms with Crippen LogP contribution in [0, 0.1) is 11.8 Å². The van der Waals surface area contributed by atoms with Crippen LogP contribution in [0.3, 0.4) is 0 Å². The van der Waals surface area contributed by atoms with Gasteiger partial charge in [-0.2, -0.15) is 0 Å². The molecule has 1 unspecified atom stereocenters. The number of nitrogens with one attached hydrogen (secondary N) is 1. The number of aromatic nitrogens is 1. The lowest BCUT2D eigenvalue weighted by atomic mass is 9.83. The molecule has 0 bridgehead atoms. The number of rotatable bonds is 5. The number of benzene rings is 1. The number of likely N-dealkylation sites (tertiary alicyclic amines) is 1. The summed E-state index contributed by atoms with van der Waals surface area (Å²) in [5, 5.41) is 4.22. The Kier molecular flexibility index (Phi) is 5.15. The fourth-order valence-corrected chi connectivity index (χ4v) is 4.08. The smallest absolute Gasteiger partial charge is 0.222 e. The number of nitrogens with zero attached hydrogens (tertiary/aromatic N) is 2. The van der Waals surface area contributed by atoms with Crippen LogP contribution in [0.4, 0.5) is 0 Å². The van der Waals surface area contributed by atoms with Gasteiger partial charge in [-0.05, 0) is 30.9 Å². The molecule has 2 aromatic rings. The Morgan fingerprint density at radius 1 is 1.30 bits per heavy atom. The van der Waals surface area contributed by atoms with Gasteiger partial charge in [0.15, 0.2) is 0 Å². The second-order valence-electron chi connectivity index (χ2n) is 8.44. The topological polar surface area (TPSA) is 54.5 Å². The first kappa shape index (κ1) is 18.4. The van der Waals surface area contributed by atoms with Crippen LogP contribution in [0.1, 0.15) is 32.4 Å². The monoisotopic (exact) mass is 367 g/mol. The van der Waals surface area contributed by atoms with Crippen LogP contribution in [0.15, 0.2) is 36.4 Å². The minimum Gasteiger partial charge on any atom is -0.372 e. The average Bonchev–Trinajstić information content (AvgIpc) is 2.65. The average molecular weight is 367 g/mol. The summed E-state index contributed by atoms with van der Waals surface area (Å²) in [4.78, 5) is 18.9. The third kappa shape index (κ3) is 4.14. The molecule has 2 aliphatic heterocycles. The summed E-state index contributed by atoms with van der Waals surface area (Å²) in [6.07, 6.45) is 2.21. The molecule has 144 valence electrons. The maximum absolute atomic E-state index is 11.7. The van der Waals surface area contributed by atoms with Crippen molar-refractivity contribution in [1.82, 2.24) is 15.2 Å². The zero-order chi connectivity index (χ0) is 18.9. The molecule has 27 heavy (non-hydrogen) atoms. The largest absolute Gasteiger partial charge is 0.372 e. The number of carbonyl (C=O) groups excluding carboxylic acids is 1. The van der Waals surface area contributed by atoms with Gasteiger partial charge in [0, 0.05) is 37.5 Å². The summed E-state index contributed by atoms with van der Waals surface area (Å²) in [5.41, 5.74) is 2.20. The Morgan fingerprint density at radius 2 is 2.11 bits per heavy atom. The molecule has 1 aromatic heterocycles. The first-order valence-corrected chi connectivity index (χ1v) is 10.0. The van der Waals surface area contributed by atoms with Crippen LogP contribution in [0.25, 0.3) is 10.9 Å². The molecular formula is C22H29N3O2. The van der Waals surface area contributed by atoms with E-state index in [1.54, 1.807) is 0 Å². The summed E-state index contributed by atoms with van der Waals surface area (Å²) in [7, 11) is 0. The molecular weight excluding hydrogens is 338 g/mol. The fourth-order valence-electron chi connectivity index (χ4n) is 4.08. The Morgan fingerprint density at radius 3 is 2.85 bits per heavy atom. The third-order valence-corrected chi connectivity index (χ3v) is 5.79. The Labute approximate surface area is 161 Å². The van der Waals surface area contributed by atoms with Crippen molar-refractivity contribution in [3.8, 4) is 0 Å². The van der Waals surface area contributed by atoms with Gasteiger partial charge in [0.1, 0.15) is 0 Å². The molecule has 0 saturated carbocycles. The molecule has 2 aliphatic rings. The highest BCUT2D eigenvalue weighted by Crippen LogP contribution is 2.36. The molecule has 5 nitrogen and oxygen atoms in total. The van der Waals surface area contributed by atoms with Gasteiger partial charge in [-0.3, -0.25) is 14.7 Å². The molecule has 2 saturated heterocycles. The second-order valence-corrected chi connectivity index (χ2v) is 8.44. The summed E-state index contributed by atoms with van der Waals surface area (Å²) in [6, 6.07) is 12.5. The number of ether oxygens (including phenoxy) is 1. The van der Waals surface area contributed by atoms with Gasteiger partial charge in [-0.1, -0.05) is 38.1 Å². The number of fused-ring (bicyclic) bond motifs is 1. The van der Waals surface area contributed by atoms with Gasteiger partial charge in [0.05, 0.1) is 23.4 Å². The van der Waals surface area contributed by atoms with E-state index in [1.165, 1.54) is 5.39 Å². The molecule has 3 heterocycles. The molecule has 5 heteroatoms. The molecule has 1 atom stereocenters. The van der Waals surface area contributed by atoms with E-state index >= 15 is 0 Å². The molecule has 2 fully saturated rings. The van der Waals surface area contributed by atoms with Crippen LogP contribution in [0.2, 0.25) is 0 Å². The van der Waals surface area contributed by atoms with E-state index < -0.39 is 0 Å². The maximum Gasteiger partial charge on any atom is 0.222 e. The first-order chi connectivity index (χ1) is 13.0. The van der Waals surface area contributed by atoms with E-state index in [0.29, 0.717) is 5.92 Å². The molecule has 1 aromatic carbocycles. The van der Waals surface area contributed by atoms with Crippen molar-refractivity contribution in [2.24, 2.45) is 11.8 Å². The minimum absolute atomic E-state index is 0.0232. The van der Waals surface area contributed by atoms with Gasteiger partial charge in [0.2, 0.25) is 5.91 Å². The van der Waals surface area contributed by atoms with Crippen molar-refractivity contribution in [2.75, 3.05) is 26.2 Å². The lowest BCUT2D eigenvalue weighted by Gasteiger charge is -2.52. The molecule has 1 spiro atoms. The van der Waals surface area contributed by atoms with Gasteiger partial charge in [-0.25, -0.2) is 0 Å². The van der Waals surface area contributed by atoms with E-state index in [2.05, 4.69) is 34.5 Å². The van der Waals surface area contributed by atoms with Gasteiger partial charge < -0.3 is 10.1 Å². The van der Waals surface area contributed by atoms with E-state index in [-0.39, 0.29) is 17.4 Å². The van der Waals surface area contributed by atoms with Crippen molar-refractivity contribution >= 4 is 16.8 Å². The number of para-hydroxylation sites is 1. The predicted molar refractivity (Wildman–Crippen MR) is 106 cm³/mol. The van der Waals surface area contributed by atoms with Crippen LogP contribution in [-0.4, -0.2) is 47.6 Å². The molecule has 0 radical (unpaired) electrons. The normalized spacial score (nSPS) is 22.1. The van der Waals surface area contributed by atoms with Crippen LogP contribution in [0.5, 0.6) is 0 Å². The second kappa shape index (κ2) is 7.56. The number of pyridine rings is 1. The molecule has 1 amide bonds. The van der Waals surface area contributed by atoms with Gasteiger partial charge in [0.25, 0.3) is 0 Å². The first-order valence-electron chi connectivity index (χ1n) is 10.0. The SMILES string of the molecule is CC(C)C(=O)NCC1CCC2(CN(Cc3ccc4ccccc4n3)C2)OC1. The molecule has 0 aliphatic carbocycles. The van der Waals surface area contributed by atoms with E-state index in [9.17, 15) is 4.79 Å². The van der Waals surface area contributed by atoms with Crippen LogP contribution in [-0.2, 0) is 16.1 Å². The van der Waals surface area contributed by atoms with Crippen molar-refractivity contribution < 1.29 is 9.53 Å². The zero-order valence-corrected chi connectivity index (χ0v) is 16.3. The summed E-state index contributed by atoms with van der Waals surface area (Å²) in [6.45, 7) is 8.17. The number of carbonyl (C=O) groups is 1. The highest BCUT2D eigenvalue weighted by atomic mass is 16.5. The zero-order valence-electron chi connectivity index (χ0n) is 16.3. The molecule has 1 N–H and O–H groups in total. The lowest BCUT2D eigenvalue weighted by Crippen LogP contribution is -2.64. The predicted octanol–water partition coefficient (Wildman–Crippen LogP) is 2.99. The quantitative estimate of drug-likeness (QED) is 0.883. The Bertz CT molecular complexity index is 804. The number of hydrogen-bond donors (Lipinski definition) is 1. The van der Waals surface area contributed by atoms with E-state index in [1.807, 2.05) is 26.0 Å². The number of amides is 1. The van der Waals surface area contributed by atoms with Gasteiger partial charge >= 0.3 is 0 Å². The maximum atomic E-state index is 11.7. The van der Waals surface area contributed by atoms with Crippen molar-refractivity contribution in [3.05, 3.63) is 42.1 Å². The highest BCUT2D eigenvalue weighted by molar-refractivity contribution is 5.78. The summed E-state index contributed by atoms with van der Waals surface area (Å²) in [5.74, 6) is 0.618. The lowest BCUT2D eigenvalue weighted by molar-refractivity contribution is -0.181. The van der Waals surface area contributed by atoms with Crippen molar-refractivity contribution in [2.45, 2.75) is 38.8 Å². The van der Waals surface area contributed by atoms with Gasteiger partial charge in [-0.15, -0.1) is 0 Å². The number of hydrogen-bond acceptors (Lipinski definition) is 4. The highest BCUT2D eigenvalue weighted by Gasteiger charge is 2.46. The summed E-state index contributed by atoms with van der Waals surface area (Å²) < 4.78 is 6.23. The Hall–Kier alpha value is -1.98. The van der Waals surface area contributed by atoms with Crippen molar-refractivity contribution in [1.29, 1.82) is 0 Å².